The fraction of sp³-hybridized carbons (Fsp3) is 0.838. The van der Waals surface area contributed by atoms with Gasteiger partial charge in [-0.1, -0.05) is 64.7 Å². The Hall–Kier alpha value is -3.22. The number of amides is 5. The van der Waals surface area contributed by atoms with Crippen LogP contribution in [0, 0.1) is 0 Å². The molecule has 282 valence electrons. The Balaban J connectivity index is 1.28. The number of nitrogens with zero attached hydrogens (tertiary/aromatic N) is 3. The zero-order valence-electron chi connectivity index (χ0n) is 30.3. The summed E-state index contributed by atoms with van der Waals surface area (Å²) < 4.78 is 0. The molecule has 5 amide bonds. The number of hydrogen-bond acceptors (Lipinski definition) is 7. The van der Waals surface area contributed by atoms with E-state index >= 15 is 0 Å². The summed E-state index contributed by atoms with van der Waals surface area (Å²) in [6.07, 6.45) is 16.6. The molecule has 0 aliphatic carbocycles. The van der Waals surface area contributed by atoms with Crippen molar-refractivity contribution in [2.75, 3.05) is 32.7 Å². The van der Waals surface area contributed by atoms with Crippen LogP contribution in [0.3, 0.4) is 0 Å². The van der Waals surface area contributed by atoms with Gasteiger partial charge < -0.3 is 35.8 Å². The quantitative estimate of drug-likeness (QED) is 0.140. The second-order valence-electron chi connectivity index (χ2n) is 14.7. The topological polar surface area (TPSA) is 168 Å². The lowest BCUT2D eigenvalue weighted by Crippen LogP contribution is -2.58. The summed E-state index contributed by atoms with van der Waals surface area (Å²) in [4.78, 5) is 84.0. The van der Waals surface area contributed by atoms with Crippen LogP contribution in [0.2, 0.25) is 0 Å². The van der Waals surface area contributed by atoms with Crippen LogP contribution in [0.25, 0.3) is 0 Å². The maximum Gasteiger partial charge on any atom is 0.303 e. The van der Waals surface area contributed by atoms with Gasteiger partial charge in [0.2, 0.25) is 29.5 Å². The van der Waals surface area contributed by atoms with Crippen molar-refractivity contribution in [3.8, 4) is 0 Å². The summed E-state index contributed by atoms with van der Waals surface area (Å²) in [5.74, 6) is -2.47. The predicted molar refractivity (Wildman–Crippen MR) is 189 cm³/mol. The van der Waals surface area contributed by atoms with E-state index in [2.05, 4.69) is 22.9 Å². The van der Waals surface area contributed by atoms with E-state index in [-0.39, 0.29) is 36.6 Å². The Labute approximate surface area is 298 Å². The molecule has 0 unspecified atom stereocenters. The summed E-state index contributed by atoms with van der Waals surface area (Å²) >= 11 is 0. The van der Waals surface area contributed by atoms with Crippen molar-refractivity contribution >= 4 is 35.5 Å². The van der Waals surface area contributed by atoms with E-state index in [1.807, 2.05) is 0 Å². The lowest BCUT2D eigenvalue weighted by atomic mass is 10.1. The van der Waals surface area contributed by atoms with E-state index in [1.54, 1.807) is 9.80 Å². The van der Waals surface area contributed by atoms with E-state index in [1.165, 1.54) is 49.8 Å². The van der Waals surface area contributed by atoms with Gasteiger partial charge in [-0.05, 0) is 70.8 Å². The molecule has 0 radical (unpaired) electrons. The van der Waals surface area contributed by atoms with E-state index in [0.29, 0.717) is 58.3 Å². The predicted octanol–water partition coefficient (Wildman–Crippen LogP) is 3.10. The van der Waals surface area contributed by atoms with E-state index in [0.717, 1.165) is 45.1 Å². The van der Waals surface area contributed by atoms with Crippen molar-refractivity contribution in [3.05, 3.63) is 0 Å². The van der Waals surface area contributed by atoms with Gasteiger partial charge in [0.05, 0.1) is 6.04 Å². The van der Waals surface area contributed by atoms with Gasteiger partial charge >= 0.3 is 5.97 Å². The van der Waals surface area contributed by atoms with Crippen LogP contribution in [0.5, 0.6) is 0 Å². The molecule has 13 heteroatoms. The van der Waals surface area contributed by atoms with Gasteiger partial charge in [-0.3, -0.25) is 28.8 Å². The van der Waals surface area contributed by atoms with Gasteiger partial charge in [-0.2, -0.15) is 0 Å². The molecule has 0 aromatic rings. The molecule has 50 heavy (non-hydrogen) atoms. The van der Waals surface area contributed by atoms with Crippen molar-refractivity contribution in [3.63, 3.8) is 0 Å². The zero-order chi connectivity index (χ0) is 35.9. The van der Waals surface area contributed by atoms with Gasteiger partial charge in [0, 0.05) is 32.6 Å². The third kappa shape index (κ3) is 11.1. The van der Waals surface area contributed by atoms with Crippen LogP contribution >= 0.6 is 0 Å². The van der Waals surface area contributed by atoms with Crippen LogP contribution in [-0.2, 0) is 28.8 Å². The first-order valence-corrected chi connectivity index (χ1v) is 19.7. The highest BCUT2D eigenvalue weighted by molar-refractivity contribution is 5.96. The van der Waals surface area contributed by atoms with Gasteiger partial charge in [-0.15, -0.1) is 0 Å². The number of carboxylic acid groups (broad SMARTS) is 1. The molecule has 0 aromatic heterocycles. The van der Waals surface area contributed by atoms with Crippen LogP contribution in [0.15, 0.2) is 0 Å². The number of likely N-dealkylation sites (tertiary alicyclic amines) is 3. The number of nitrogens with one attached hydrogen (secondary N) is 3. The van der Waals surface area contributed by atoms with Crippen molar-refractivity contribution in [2.24, 2.45) is 0 Å². The molecule has 0 spiro atoms. The first kappa shape index (κ1) is 39.6. The maximum atomic E-state index is 14.0. The molecular weight excluding hydrogens is 640 g/mol. The average Bonchev–Trinajstić information content (AvgIpc) is 3.95. The minimum absolute atomic E-state index is 0.0401. The first-order chi connectivity index (χ1) is 24.2. The van der Waals surface area contributed by atoms with Crippen LogP contribution < -0.4 is 16.0 Å². The average molecular weight is 703 g/mol. The summed E-state index contributed by atoms with van der Waals surface area (Å²) in [7, 11) is 0. The number of carboxylic acids is 1. The van der Waals surface area contributed by atoms with Crippen molar-refractivity contribution in [1.29, 1.82) is 0 Å². The fourth-order valence-electron chi connectivity index (χ4n) is 8.11. The molecule has 4 heterocycles. The number of rotatable bonds is 20. The van der Waals surface area contributed by atoms with E-state index in [9.17, 15) is 33.9 Å². The summed E-state index contributed by atoms with van der Waals surface area (Å²) in [5, 5.41) is 18.2. The van der Waals surface area contributed by atoms with Gasteiger partial charge in [0.1, 0.15) is 24.2 Å². The third-order valence-electron chi connectivity index (χ3n) is 10.9. The Morgan fingerprint density at radius 3 is 1.74 bits per heavy atom. The zero-order valence-corrected chi connectivity index (χ0v) is 30.3. The second kappa shape index (κ2) is 20.6. The van der Waals surface area contributed by atoms with Gasteiger partial charge in [-0.25, -0.2) is 0 Å². The minimum atomic E-state index is -1.06. The Bertz CT molecular complexity index is 1160. The molecule has 4 saturated heterocycles. The summed E-state index contributed by atoms with van der Waals surface area (Å²) in [6.45, 7) is 4.78. The lowest BCUT2D eigenvalue weighted by Gasteiger charge is -2.34. The summed E-state index contributed by atoms with van der Waals surface area (Å²) in [5.41, 5.74) is 0. The molecule has 13 nitrogen and oxygen atoms in total. The smallest absolute Gasteiger partial charge is 0.303 e. The van der Waals surface area contributed by atoms with Gasteiger partial charge in [0.25, 0.3) is 0 Å². The van der Waals surface area contributed by atoms with Crippen molar-refractivity contribution < 1.29 is 33.9 Å². The minimum Gasteiger partial charge on any atom is -0.481 e. The van der Waals surface area contributed by atoms with E-state index < -0.39 is 42.0 Å². The Kier molecular flexibility index (Phi) is 16.3. The van der Waals surface area contributed by atoms with Crippen LogP contribution in [0.1, 0.15) is 135 Å². The fourth-order valence-corrected chi connectivity index (χ4v) is 8.11. The highest BCUT2D eigenvalue weighted by atomic mass is 16.4. The van der Waals surface area contributed by atoms with Crippen molar-refractivity contribution in [2.45, 2.75) is 166 Å². The molecule has 4 N–H and O–H groups in total. The Morgan fingerprint density at radius 2 is 1.20 bits per heavy atom. The molecule has 0 saturated carbocycles. The SMILES string of the molecule is CCCCCCCCCCCCNC(=O)[C@H](CCC(=O)O)NC(=O)[C@@H]1CCCN1C(=O)[C@@H]1CCCN1C(=O)[C@@H]1CCCN1C(=O)[C@@H]1CCCN1. The molecule has 4 aliphatic heterocycles. The second-order valence-corrected chi connectivity index (χ2v) is 14.7. The highest BCUT2D eigenvalue weighted by Gasteiger charge is 2.46. The summed E-state index contributed by atoms with van der Waals surface area (Å²) in [6, 6.07) is -3.37. The molecule has 5 atom stereocenters. The molecule has 4 fully saturated rings. The molecule has 4 aliphatic rings. The lowest BCUT2D eigenvalue weighted by molar-refractivity contribution is -0.151. The monoisotopic (exact) mass is 702 g/mol. The third-order valence-corrected chi connectivity index (χ3v) is 10.9. The number of unbranched alkanes of at least 4 members (excludes halogenated alkanes) is 9. The van der Waals surface area contributed by atoms with Crippen LogP contribution in [0.4, 0.5) is 0 Å². The number of carbonyl (C=O) groups is 6. The van der Waals surface area contributed by atoms with Crippen LogP contribution in [-0.4, -0.2) is 118 Å². The number of hydrogen-bond donors (Lipinski definition) is 4. The standard InChI is InChI=1S/C37H62N6O7/c1-2-3-4-5-6-7-8-9-10-11-22-39-33(46)27(20-21-32(44)45)40-34(47)29-17-13-24-41(29)36(49)31-19-15-26-43(31)37(50)30-18-14-25-42(30)35(48)28-16-12-23-38-28/h27-31,38H,2-26H2,1H3,(H,39,46)(H,40,47)(H,44,45)/t27-,28-,29-,30-,31-/m0/s1. The maximum absolute atomic E-state index is 14.0. The highest BCUT2D eigenvalue weighted by Crippen LogP contribution is 2.29. The Morgan fingerprint density at radius 1 is 0.680 bits per heavy atom. The molecule has 4 rings (SSSR count). The normalized spacial score (nSPS) is 24.1. The molecular formula is C37H62N6O7. The van der Waals surface area contributed by atoms with Crippen molar-refractivity contribution in [1.82, 2.24) is 30.7 Å². The molecule has 0 bridgehead atoms. The van der Waals surface area contributed by atoms with Gasteiger partial charge in [0.15, 0.2) is 0 Å². The first-order valence-electron chi connectivity index (χ1n) is 19.7. The largest absolute Gasteiger partial charge is 0.481 e. The van der Waals surface area contributed by atoms with E-state index in [4.69, 9.17) is 0 Å². The number of aliphatic carboxylic acids is 1. The number of carbonyl (C=O) groups excluding carboxylic acids is 5. The molecule has 0 aromatic carbocycles.